The minimum atomic E-state index is 0. The molecule has 2 saturated heterocycles. The molecule has 2 atom stereocenters. The highest BCUT2D eigenvalue weighted by atomic mass is 127. The second-order valence-corrected chi connectivity index (χ2v) is 8.78. The molecule has 0 aliphatic carbocycles. The van der Waals surface area contributed by atoms with Crippen molar-refractivity contribution in [1.29, 1.82) is 0 Å². The zero-order chi connectivity index (χ0) is 21.8. The van der Waals surface area contributed by atoms with E-state index in [1.165, 1.54) is 16.8 Å². The number of morpholine rings is 1. The summed E-state index contributed by atoms with van der Waals surface area (Å²) in [5.74, 6) is 0.954. The van der Waals surface area contributed by atoms with Gasteiger partial charge in [-0.2, -0.15) is 0 Å². The number of guanidine groups is 1. The average Bonchev–Trinajstić information content (AvgIpc) is 3.52. The maximum atomic E-state index is 6.14. The lowest BCUT2D eigenvalue weighted by atomic mass is 10.1. The van der Waals surface area contributed by atoms with Crippen LogP contribution < -0.4 is 10.2 Å². The maximum Gasteiger partial charge on any atom is 0.194 e. The van der Waals surface area contributed by atoms with E-state index in [9.17, 15) is 0 Å². The second kappa shape index (κ2) is 11.4. The SMILES string of the molecule is CN=C(NCc1ccc(N2CC=CC2)cc1)N1CC2OCCN(Cc3ccccc3)C2C1.I. The Labute approximate surface area is 214 Å². The first-order valence-corrected chi connectivity index (χ1v) is 11.6. The molecule has 6 nitrogen and oxygen atoms in total. The number of hydrogen-bond acceptors (Lipinski definition) is 4. The van der Waals surface area contributed by atoms with E-state index < -0.39 is 0 Å². The molecule has 2 aromatic rings. The van der Waals surface area contributed by atoms with Crippen molar-refractivity contribution in [2.45, 2.75) is 25.2 Å². The number of halogens is 1. The molecular weight excluding hydrogens is 525 g/mol. The topological polar surface area (TPSA) is 43.3 Å². The molecule has 2 aromatic carbocycles. The lowest BCUT2D eigenvalue weighted by molar-refractivity contribution is -0.0502. The Morgan fingerprint density at radius 3 is 2.48 bits per heavy atom. The van der Waals surface area contributed by atoms with E-state index in [-0.39, 0.29) is 30.1 Å². The number of hydrogen-bond donors (Lipinski definition) is 1. The van der Waals surface area contributed by atoms with Crippen molar-refractivity contribution in [2.75, 3.05) is 51.3 Å². The van der Waals surface area contributed by atoms with Crippen LogP contribution in [0.1, 0.15) is 11.1 Å². The molecule has 0 aromatic heterocycles. The molecule has 0 saturated carbocycles. The summed E-state index contributed by atoms with van der Waals surface area (Å²) in [5.41, 5.74) is 3.91. The van der Waals surface area contributed by atoms with Crippen LogP contribution in [0.15, 0.2) is 71.7 Å². The summed E-state index contributed by atoms with van der Waals surface area (Å²) in [6.07, 6.45) is 4.68. The smallest absolute Gasteiger partial charge is 0.194 e. The molecule has 7 heteroatoms. The lowest BCUT2D eigenvalue weighted by Gasteiger charge is -2.36. The first kappa shape index (κ1) is 24.0. The number of nitrogens with zero attached hydrogens (tertiary/aromatic N) is 4. The van der Waals surface area contributed by atoms with Gasteiger partial charge in [-0.15, -0.1) is 24.0 Å². The Bertz CT molecular complexity index is 941. The van der Waals surface area contributed by atoms with Gasteiger partial charge in [-0.3, -0.25) is 9.89 Å². The number of anilines is 1. The van der Waals surface area contributed by atoms with Gasteiger partial charge in [0, 0.05) is 58.5 Å². The first-order chi connectivity index (χ1) is 15.8. The number of fused-ring (bicyclic) bond motifs is 1. The standard InChI is InChI=1S/C26H33N5O.HI/c1-27-26(28-17-21-9-11-23(12-10-21)29-13-5-6-14-29)31-19-24-25(20-31)32-16-15-30(24)18-22-7-3-2-4-8-22;/h2-12,24-25H,13-20H2,1H3,(H,27,28);1H. The lowest BCUT2D eigenvalue weighted by Crippen LogP contribution is -2.50. The van der Waals surface area contributed by atoms with Crippen LogP contribution in [0, 0.1) is 0 Å². The fraction of sp³-hybridized carbons (Fsp3) is 0.423. The molecule has 0 radical (unpaired) electrons. The summed E-state index contributed by atoms with van der Waals surface area (Å²) < 4.78 is 6.14. The number of ether oxygens (including phenoxy) is 1. The van der Waals surface area contributed by atoms with Crippen LogP contribution in [0.25, 0.3) is 0 Å². The van der Waals surface area contributed by atoms with Gasteiger partial charge in [-0.1, -0.05) is 54.6 Å². The highest BCUT2D eigenvalue weighted by Gasteiger charge is 2.41. The Balaban J connectivity index is 0.00000259. The minimum absolute atomic E-state index is 0. The molecule has 0 spiro atoms. The second-order valence-electron chi connectivity index (χ2n) is 8.78. The summed E-state index contributed by atoms with van der Waals surface area (Å²) >= 11 is 0. The summed E-state index contributed by atoms with van der Waals surface area (Å²) in [7, 11) is 1.87. The zero-order valence-corrected chi connectivity index (χ0v) is 21.6. The molecule has 33 heavy (non-hydrogen) atoms. The van der Waals surface area contributed by atoms with Crippen molar-refractivity contribution in [1.82, 2.24) is 15.1 Å². The summed E-state index contributed by atoms with van der Waals surface area (Å²) in [6, 6.07) is 20.0. The predicted octanol–water partition coefficient (Wildman–Crippen LogP) is 3.34. The van der Waals surface area contributed by atoms with Gasteiger partial charge in [-0.25, -0.2) is 0 Å². The van der Waals surface area contributed by atoms with Crippen LogP contribution in [0.3, 0.4) is 0 Å². The van der Waals surface area contributed by atoms with Crippen LogP contribution in [0.2, 0.25) is 0 Å². The van der Waals surface area contributed by atoms with Crippen LogP contribution in [-0.4, -0.2) is 74.3 Å². The Kier molecular flexibility index (Phi) is 8.27. The van der Waals surface area contributed by atoms with Crippen LogP contribution in [-0.2, 0) is 17.8 Å². The van der Waals surface area contributed by atoms with Crippen LogP contribution in [0.5, 0.6) is 0 Å². The highest BCUT2D eigenvalue weighted by Crippen LogP contribution is 2.25. The molecule has 2 unspecified atom stereocenters. The van der Waals surface area contributed by atoms with E-state index in [4.69, 9.17) is 4.74 Å². The third-order valence-corrected chi connectivity index (χ3v) is 6.73. The van der Waals surface area contributed by atoms with Gasteiger partial charge in [-0.05, 0) is 23.3 Å². The predicted molar refractivity (Wildman–Crippen MR) is 145 cm³/mol. The number of aliphatic imine (C=N–C) groups is 1. The average molecular weight is 559 g/mol. The number of nitrogens with one attached hydrogen (secondary N) is 1. The highest BCUT2D eigenvalue weighted by molar-refractivity contribution is 14.0. The van der Waals surface area contributed by atoms with Gasteiger partial charge in [0.25, 0.3) is 0 Å². The molecule has 5 rings (SSSR count). The summed E-state index contributed by atoms with van der Waals surface area (Å²) in [4.78, 5) is 11.9. The molecule has 176 valence electrons. The van der Waals surface area contributed by atoms with Crippen LogP contribution in [0.4, 0.5) is 5.69 Å². The van der Waals surface area contributed by atoms with E-state index in [1.54, 1.807) is 0 Å². The third-order valence-electron chi connectivity index (χ3n) is 6.73. The van der Waals surface area contributed by atoms with Crippen molar-refractivity contribution >= 4 is 35.6 Å². The number of likely N-dealkylation sites (tertiary alicyclic amines) is 1. The molecule has 3 aliphatic rings. The molecule has 2 fully saturated rings. The third kappa shape index (κ3) is 5.70. The molecule has 3 heterocycles. The molecule has 3 aliphatic heterocycles. The maximum absolute atomic E-state index is 6.14. The fourth-order valence-electron chi connectivity index (χ4n) is 4.97. The van der Waals surface area contributed by atoms with E-state index in [2.05, 4.69) is 91.8 Å². The van der Waals surface area contributed by atoms with Gasteiger partial charge < -0.3 is 19.9 Å². The Hall–Kier alpha value is -2.10. The first-order valence-electron chi connectivity index (χ1n) is 11.6. The number of benzene rings is 2. The fourth-order valence-corrected chi connectivity index (χ4v) is 4.97. The minimum Gasteiger partial charge on any atom is -0.373 e. The summed E-state index contributed by atoms with van der Waals surface area (Å²) in [5, 5.41) is 3.57. The monoisotopic (exact) mass is 559 g/mol. The molecule has 0 bridgehead atoms. The Morgan fingerprint density at radius 2 is 1.76 bits per heavy atom. The molecule has 1 N–H and O–H groups in total. The quantitative estimate of drug-likeness (QED) is 0.264. The van der Waals surface area contributed by atoms with Crippen molar-refractivity contribution in [3.05, 3.63) is 77.9 Å². The van der Waals surface area contributed by atoms with E-state index >= 15 is 0 Å². The van der Waals surface area contributed by atoms with Gasteiger partial charge in [0.05, 0.1) is 18.8 Å². The normalized spacial score (nSPS) is 22.9. The van der Waals surface area contributed by atoms with E-state index in [0.29, 0.717) is 6.04 Å². The van der Waals surface area contributed by atoms with Gasteiger partial charge in [0.2, 0.25) is 0 Å². The largest absolute Gasteiger partial charge is 0.373 e. The van der Waals surface area contributed by atoms with Crippen molar-refractivity contribution in [3.63, 3.8) is 0 Å². The van der Waals surface area contributed by atoms with Crippen LogP contribution >= 0.6 is 24.0 Å². The van der Waals surface area contributed by atoms with Gasteiger partial charge in [0.15, 0.2) is 5.96 Å². The van der Waals surface area contributed by atoms with Crippen molar-refractivity contribution in [2.24, 2.45) is 4.99 Å². The van der Waals surface area contributed by atoms with E-state index in [1.807, 2.05) is 7.05 Å². The number of rotatable bonds is 5. The Morgan fingerprint density at radius 1 is 1.00 bits per heavy atom. The van der Waals surface area contributed by atoms with Crippen molar-refractivity contribution < 1.29 is 4.74 Å². The molecular formula is C26H34IN5O. The van der Waals surface area contributed by atoms with Crippen molar-refractivity contribution in [3.8, 4) is 0 Å². The van der Waals surface area contributed by atoms with E-state index in [0.717, 1.165) is 58.4 Å². The van der Waals surface area contributed by atoms with Gasteiger partial charge >= 0.3 is 0 Å². The zero-order valence-electron chi connectivity index (χ0n) is 19.3. The molecule has 0 amide bonds. The van der Waals surface area contributed by atoms with Gasteiger partial charge in [0.1, 0.15) is 0 Å². The summed E-state index contributed by atoms with van der Waals surface area (Å²) in [6.45, 7) is 7.36.